The van der Waals surface area contributed by atoms with Crippen LogP contribution in [-0.4, -0.2) is 37.6 Å². The monoisotopic (exact) mass is 322 g/mol. The molecule has 1 saturated heterocycles. The third kappa shape index (κ3) is 3.55. The van der Waals surface area contributed by atoms with Crippen LogP contribution < -0.4 is 16.6 Å². The van der Waals surface area contributed by atoms with Gasteiger partial charge in [0, 0.05) is 31.4 Å². The van der Waals surface area contributed by atoms with Gasteiger partial charge in [0.1, 0.15) is 5.56 Å². The fourth-order valence-corrected chi connectivity index (χ4v) is 3.53. The Morgan fingerprint density at radius 2 is 1.65 bits per heavy atom. The van der Waals surface area contributed by atoms with Crippen molar-refractivity contribution in [2.75, 3.05) is 0 Å². The van der Waals surface area contributed by atoms with Crippen molar-refractivity contribution in [3.8, 4) is 5.88 Å². The predicted molar refractivity (Wildman–Crippen MR) is 90.5 cm³/mol. The molecule has 0 saturated carbocycles. The molecule has 0 aromatic carbocycles. The van der Waals surface area contributed by atoms with E-state index in [0.29, 0.717) is 0 Å². The molecule has 7 heteroatoms. The maximum atomic E-state index is 12.2. The van der Waals surface area contributed by atoms with Gasteiger partial charge >= 0.3 is 5.69 Å². The molecule has 1 fully saturated rings. The topological polar surface area (TPSA) is 88.6 Å². The molecule has 0 radical (unpaired) electrons. The Bertz CT molecular complexity index is 740. The number of hydrogen-bond acceptors (Lipinski definition) is 5. The second kappa shape index (κ2) is 5.63. The molecule has 23 heavy (non-hydrogen) atoms. The number of hydrogen-bond donors (Lipinski definition) is 2. The molecule has 2 rings (SSSR count). The highest BCUT2D eigenvalue weighted by Crippen LogP contribution is 2.30. The van der Waals surface area contributed by atoms with Crippen LogP contribution in [0.25, 0.3) is 0 Å². The van der Waals surface area contributed by atoms with Crippen molar-refractivity contribution < 1.29 is 5.11 Å². The van der Waals surface area contributed by atoms with Crippen molar-refractivity contribution in [2.24, 2.45) is 19.1 Å². The number of aliphatic imine (C=N–C) groups is 1. The molecule has 0 aliphatic carbocycles. The van der Waals surface area contributed by atoms with Gasteiger partial charge in [-0.3, -0.25) is 18.9 Å². The second-order valence-electron chi connectivity index (χ2n) is 7.68. The normalized spacial score (nSPS) is 21.0. The lowest BCUT2D eigenvalue weighted by atomic mass is 9.80. The molecule has 0 unspecified atom stereocenters. The van der Waals surface area contributed by atoms with Crippen LogP contribution in [0.4, 0.5) is 0 Å². The van der Waals surface area contributed by atoms with E-state index in [4.69, 9.17) is 0 Å². The van der Waals surface area contributed by atoms with Crippen molar-refractivity contribution in [3.05, 3.63) is 26.4 Å². The lowest BCUT2D eigenvalue weighted by molar-refractivity contribution is 0.164. The molecule has 2 N–H and O–H groups in total. The quantitative estimate of drug-likeness (QED) is 0.777. The van der Waals surface area contributed by atoms with E-state index in [9.17, 15) is 14.7 Å². The Labute approximate surface area is 135 Å². The van der Waals surface area contributed by atoms with Crippen molar-refractivity contribution in [1.82, 2.24) is 14.5 Å². The number of rotatable bonds is 2. The highest BCUT2D eigenvalue weighted by Gasteiger charge is 2.37. The van der Waals surface area contributed by atoms with Gasteiger partial charge in [-0.25, -0.2) is 4.79 Å². The summed E-state index contributed by atoms with van der Waals surface area (Å²) < 4.78 is 2.01. The summed E-state index contributed by atoms with van der Waals surface area (Å²) in [5.74, 6) is -0.352. The minimum atomic E-state index is -0.561. The van der Waals surface area contributed by atoms with Gasteiger partial charge in [-0.1, -0.05) is 0 Å². The fourth-order valence-electron chi connectivity index (χ4n) is 3.53. The molecule has 0 spiro atoms. The minimum absolute atomic E-state index is 0.0441. The van der Waals surface area contributed by atoms with E-state index in [1.165, 1.54) is 20.3 Å². The molecular formula is C16H26N4O3. The number of aromatic hydroxyl groups is 1. The SMILES string of the molecule is Cn1c(O)c(C=NC2CC(C)(C)NC(C)(C)C2)c(=O)n(C)c1=O. The average Bonchev–Trinajstić information content (AvgIpc) is 2.39. The Morgan fingerprint density at radius 3 is 2.17 bits per heavy atom. The summed E-state index contributed by atoms with van der Waals surface area (Å²) in [5.41, 5.74) is -1.17. The minimum Gasteiger partial charge on any atom is -0.494 e. The lowest BCUT2D eigenvalue weighted by Gasteiger charge is -2.45. The van der Waals surface area contributed by atoms with E-state index in [1.807, 2.05) is 0 Å². The standard InChI is InChI=1S/C16H26N4O3/c1-15(2)7-10(8-16(3,4)18-15)17-9-11-12(21)19(5)14(23)20(6)13(11)22/h9-10,18,21H,7-8H2,1-6H3. The molecule has 1 aromatic heterocycles. The molecule has 1 aromatic rings. The Kier molecular flexibility index (Phi) is 4.28. The fraction of sp³-hybridized carbons (Fsp3) is 0.688. The molecule has 128 valence electrons. The lowest BCUT2D eigenvalue weighted by Crippen LogP contribution is -2.58. The van der Waals surface area contributed by atoms with Gasteiger partial charge < -0.3 is 10.4 Å². The largest absolute Gasteiger partial charge is 0.494 e. The smallest absolute Gasteiger partial charge is 0.333 e. The van der Waals surface area contributed by atoms with E-state index < -0.39 is 11.2 Å². The van der Waals surface area contributed by atoms with Gasteiger partial charge in [-0.15, -0.1) is 0 Å². The second-order valence-corrected chi connectivity index (χ2v) is 7.68. The van der Waals surface area contributed by atoms with Crippen LogP contribution in [0.2, 0.25) is 0 Å². The molecule has 0 bridgehead atoms. The third-order valence-electron chi connectivity index (χ3n) is 4.25. The van der Waals surface area contributed by atoms with E-state index in [1.54, 1.807) is 0 Å². The van der Waals surface area contributed by atoms with Crippen LogP contribution in [-0.2, 0) is 14.1 Å². The van der Waals surface area contributed by atoms with Crippen LogP contribution in [0.15, 0.2) is 14.6 Å². The van der Waals surface area contributed by atoms with E-state index in [0.717, 1.165) is 22.0 Å². The predicted octanol–water partition coefficient (Wildman–Crippen LogP) is 0.518. The van der Waals surface area contributed by atoms with Crippen LogP contribution in [0.1, 0.15) is 46.1 Å². The zero-order valence-electron chi connectivity index (χ0n) is 14.7. The maximum absolute atomic E-state index is 12.2. The Hall–Kier alpha value is -1.89. The van der Waals surface area contributed by atoms with Crippen molar-refractivity contribution in [1.29, 1.82) is 0 Å². The van der Waals surface area contributed by atoms with Crippen LogP contribution in [0.5, 0.6) is 5.88 Å². The first kappa shape index (κ1) is 17.5. The summed E-state index contributed by atoms with van der Waals surface area (Å²) in [4.78, 5) is 28.5. The van der Waals surface area contributed by atoms with Gasteiger partial charge in [-0.05, 0) is 40.5 Å². The van der Waals surface area contributed by atoms with Crippen molar-refractivity contribution in [2.45, 2.75) is 57.7 Å². The molecule has 0 amide bonds. The summed E-state index contributed by atoms with van der Waals surface area (Å²) >= 11 is 0. The van der Waals surface area contributed by atoms with Gasteiger partial charge in [0.25, 0.3) is 5.56 Å². The van der Waals surface area contributed by atoms with Crippen LogP contribution >= 0.6 is 0 Å². The first-order valence-electron chi connectivity index (χ1n) is 7.75. The highest BCUT2D eigenvalue weighted by atomic mass is 16.3. The average molecular weight is 322 g/mol. The van der Waals surface area contributed by atoms with Gasteiger partial charge in [0.15, 0.2) is 0 Å². The van der Waals surface area contributed by atoms with E-state index in [2.05, 4.69) is 38.0 Å². The number of piperidine rings is 1. The molecule has 7 nitrogen and oxygen atoms in total. The Balaban J connectivity index is 2.38. The molecule has 1 aliphatic heterocycles. The van der Waals surface area contributed by atoms with Gasteiger partial charge in [-0.2, -0.15) is 0 Å². The summed E-state index contributed by atoms with van der Waals surface area (Å²) in [5, 5.41) is 13.6. The van der Waals surface area contributed by atoms with Crippen LogP contribution in [0, 0.1) is 0 Å². The number of nitrogens with zero attached hydrogens (tertiary/aromatic N) is 3. The van der Waals surface area contributed by atoms with Gasteiger partial charge in [0.05, 0.1) is 6.04 Å². The molecular weight excluding hydrogens is 296 g/mol. The number of nitrogens with one attached hydrogen (secondary N) is 1. The first-order chi connectivity index (χ1) is 10.4. The third-order valence-corrected chi connectivity index (χ3v) is 4.25. The first-order valence-corrected chi connectivity index (χ1v) is 7.75. The molecule has 2 heterocycles. The van der Waals surface area contributed by atoms with E-state index >= 15 is 0 Å². The maximum Gasteiger partial charge on any atom is 0.333 e. The summed E-state index contributed by atoms with van der Waals surface area (Å²) in [6, 6.07) is 0.0441. The van der Waals surface area contributed by atoms with Crippen LogP contribution in [0.3, 0.4) is 0 Å². The molecule has 1 aliphatic rings. The zero-order chi connectivity index (χ0) is 17.6. The van der Waals surface area contributed by atoms with Crippen molar-refractivity contribution in [3.63, 3.8) is 0 Å². The number of aromatic nitrogens is 2. The Morgan fingerprint density at radius 1 is 1.13 bits per heavy atom. The summed E-state index contributed by atoms with van der Waals surface area (Å²) in [6.45, 7) is 8.50. The zero-order valence-corrected chi connectivity index (χ0v) is 14.7. The highest BCUT2D eigenvalue weighted by molar-refractivity contribution is 5.82. The summed E-state index contributed by atoms with van der Waals surface area (Å²) in [6.07, 6.45) is 3.07. The summed E-state index contributed by atoms with van der Waals surface area (Å²) in [7, 11) is 2.81. The van der Waals surface area contributed by atoms with Gasteiger partial charge in [0.2, 0.25) is 5.88 Å². The van der Waals surface area contributed by atoms with E-state index in [-0.39, 0.29) is 28.6 Å². The molecule has 0 atom stereocenters. The van der Waals surface area contributed by atoms with Crippen molar-refractivity contribution >= 4 is 6.21 Å².